The Morgan fingerprint density at radius 3 is 2.44 bits per heavy atom. The minimum Gasteiger partial charge on any atom is -0.494 e. The molecule has 11 nitrogen and oxygen atoms in total. The Morgan fingerprint density at radius 2 is 1.87 bits per heavy atom. The van der Waals surface area contributed by atoms with Gasteiger partial charge in [-0.2, -0.15) is 0 Å². The van der Waals surface area contributed by atoms with Crippen molar-refractivity contribution in [3.63, 3.8) is 0 Å². The lowest BCUT2D eigenvalue weighted by atomic mass is 9.83. The number of hydrogen-bond donors (Lipinski definition) is 6. The fourth-order valence-electron chi connectivity index (χ4n) is 4.89. The molecule has 0 aliphatic carbocycles. The van der Waals surface area contributed by atoms with E-state index in [9.17, 15) is 30.0 Å². The lowest BCUT2D eigenvalue weighted by Gasteiger charge is -2.46. The van der Waals surface area contributed by atoms with Crippen molar-refractivity contribution < 1.29 is 49.3 Å². The van der Waals surface area contributed by atoms with E-state index in [4.69, 9.17) is 30.9 Å². The summed E-state index contributed by atoms with van der Waals surface area (Å²) in [5, 5.41) is 52.3. The number of ether oxygens (including phenoxy) is 3. The van der Waals surface area contributed by atoms with Crippen LogP contribution < -0.4 is 10.1 Å². The Labute approximate surface area is 229 Å². The summed E-state index contributed by atoms with van der Waals surface area (Å²) in [5.74, 6) is -2.03. The Kier molecular flexibility index (Phi) is 8.82. The number of amides is 1. The van der Waals surface area contributed by atoms with Crippen molar-refractivity contribution in [2.45, 2.75) is 61.9 Å². The molecule has 12 heteroatoms. The topological polar surface area (TPSA) is 175 Å². The highest BCUT2D eigenvalue weighted by atomic mass is 35.5. The molecule has 5 rings (SSSR count). The van der Waals surface area contributed by atoms with Crippen molar-refractivity contribution >= 4 is 23.5 Å². The van der Waals surface area contributed by atoms with Gasteiger partial charge >= 0.3 is 5.97 Å². The SMILES string of the molecule is CCOc1ccc(Cc2cc([C@]34OC[C@](CO)(O3)[C@@H](O)C(O)C4O)ccc2Cl)cc1.O=C1CC[C@@H](C(=O)O)N1. The number of benzene rings is 2. The number of carbonyl (C=O) groups is 2. The largest absolute Gasteiger partial charge is 0.494 e. The zero-order valence-corrected chi connectivity index (χ0v) is 22.0. The third kappa shape index (κ3) is 5.75. The van der Waals surface area contributed by atoms with Gasteiger partial charge < -0.3 is 45.1 Å². The van der Waals surface area contributed by atoms with Gasteiger partial charge in [0.05, 0.1) is 19.8 Å². The van der Waals surface area contributed by atoms with Crippen LogP contribution in [0.25, 0.3) is 0 Å². The number of hydrogen-bond acceptors (Lipinski definition) is 9. The van der Waals surface area contributed by atoms with Gasteiger partial charge in [0.15, 0.2) is 0 Å². The van der Waals surface area contributed by atoms with Crippen LogP contribution in [-0.4, -0.2) is 87.2 Å². The van der Waals surface area contributed by atoms with Gasteiger partial charge in [-0.3, -0.25) is 4.79 Å². The fourth-order valence-corrected chi connectivity index (χ4v) is 5.08. The summed E-state index contributed by atoms with van der Waals surface area (Å²) in [4.78, 5) is 20.5. The Bertz CT molecular complexity index is 1190. The van der Waals surface area contributed by atoms with E-state index >= 15 is 0 Å². The van der Waals surface area contributed by atoms with Crippen molar-refractivity contribution in [1.29, 1.82) is 0 Å². The number of aliphatic carboxylic acids is 1. The summed E-state index contributed by atoms with van der Waals surface area (Å²) < 4.78 is 17.1. The molecule has 0 saturated carbocycles. The second-order valence-corrected chi connectivity index (χ2v) is 10.1. The number of rotatable bonds is 7. The predicted octanol–water partition coefficient (Wildman–Crippen LogP) is 0.706. The summed E-state index contributed by atoms with van der Waals surface area (Å²) in [6.45, 7) is 1.78. The van der Waals surface area contributed by atoms with Gasteiger partial charge in [0.2, 0.25) is 11.7 Å². The molecular weight excluding hydrogens is 534 g/mol. The first-order chi connectivity index (χ1) is 18.5. The molecule has 2 aromatic carbocycles. The zero-order valence-electron chi connectivity index (χ0n) is 21.2. The van der Waals surface area contributed by atoms with Crippen molar-refractivity contribution in [3.8, 4) is 5.75 Å². The van der Waals surface area contributed by atoms with Crippen LogP contribution in [0.3, 0.4) is 0 Å². The van der Waals surface area contributed by atoms with E-state index in [0.717, 1.165) is 16.9 Å². The molecule has 212 valence electrons. The van der Waals surface area contributed by atoms with Crippen molar-refractivity contribution in [3.05, 3.63) is 64.2 Å². The summed E-state index contributed by atoms with van der Waals surface area (Å²) in [7, 11) is 0. The van der Waals surface area contributed by atoms with E-state index in [1.54, 1.807) is 18.2 Å². The highest BCUT2D eigenvalue weighted by Gasteiger charge is 2.67. The number of aliphatic hydroxyl groups excluding tert-OH is 4. The van der Waals surface area contributed by atoms with Crippen LogP contribution in [0.1, 0.15) is 36.5 Å². The van der Waals surface area contributed by atoms with E-state index in [1.807, 2.05) is 31.2 Å². The Morgan fingerprint density at radius 1 is 1.15 bits per heavy atom. The molecule has 39 heavy (non-hydrogen) atoms. The third-order valence-corrected chi connectivity index (χ3v) is 7.47. The number of aliphatic hydroxyl groups is 4. The quantitative estimate of drug-likeness (QED) is 0.280. The number of halogens is 1. The highest BCUT2D eigenvalue weighted by Crippen LogP contribution is 2.49. The van der Waals surface area contributed by atoms with E-state index in [2.05, 4.69) is 5.32 Å². The first-order valence-electron chi connectivity index (χ1n) is 12.6. The molecule has 3 saturated heterocycles. The maximum atomic E-state index is 10.7. The number of nitrogens with one attached hydrogen (secondary N) is 1. The predicted molar refractivity (Wildman–Crippen MR) is 137 cm³/mol. The Hall–Kier alpha value is -2.77. The Balaban J connectivity index is 0.000000333. The molecule has 1 amide bonds. The van der Waals surface area contributed by atoms with Crippen LogP contribution in [0, 0.1) is 0 Å². The molecule has 3 aliphatic heterocycles. The lowest BCUT2D eigenvalue weighted by molar-refractivity contribution is -0.329. The summed E-state index contributed by atoms with van der Waals surface area (Å²) in [5.41, 5.74) is 0.719. The molecule has 6 atom stereocenters. The van der Waals surface area contributed by atoms with Crippen molar-refractivity contribution in [1.82, 2.24) is 5.32 Å². The minimum atomic E-state index is -1.71. The molecule has 0 aromatic heterocycles. The second kappa shape index (κ2) is 11.8. The molecule has 2 bridgehead atoms. The normalized spacial score (nSPS) is 31.3. The van der Waals surface area contributed by atoms with Crippen LogP contribution in [0.15, 0.2) is 42.5 Å². The highest BCUT2D eigenvalue weighted by molar-refractivity contribution is 6.31. The van der Waals surface area contributed by atoms with Crippen LogP contribution in [0.4, 0.5) is 0 Å². The van der Waals surface area contributed by atoms with E-state index in [0.29, 0.717) is 36.5 Å². The zero-order chi connectivity index (χ0) is 28.4. The second-order valence-electron chi connectivity index (χ2n) is 9.72. The number of carbonyl (C=O) groups excluding carboxylic acids is 1. The van der Waals surface area contributed by atoms with Gasteiger partial charge in [0.25, 0.3) is 0 Å². The smallest absolute Gasteiger partial charge is 0.326 e. The monoisotopic (exact) mass is 565 g/mol. The molecular formula is C27H32ClNO10. The maximum absolute atomic E-state index is 10.7. The standard InChI is InChI=1S/C22H25ClO7.C5H7NO3/c1-2-28-16-6-3-13(4-7-16)9-14-10-15(5-8-17(14)23)22-20(27)18(25)19(26)21(11-24,30-22)12-29-22;7-4-2-1-3(6-4)5(8)9/h3-8,10,18-20,24-27H,2,9,11-12H2,1H3;3H,1-2H2,(H,6,7)(H,8,9)/t18?,19-,20?,21-,22-;3-/m00/s1. The van der Waals surface area contributed by atoms with Crippen LogP contribution in [-0.2, 0) is 31.3 Å². The first kappa shape index (κ1) is 29.2. The van der Waals surface area contributed by atoms with Crippen LogP contribution in [0.5, 0.6) is 5.75 Å². The molecule has 6 N–H and O–H groups in total. The van der Waals surface area contributed by atoms with E-state index in [1.165, 1.54) is 0 Å². The van der Waals surface area contributed by atoms with Crippen molar-refractivity contribution in [2.24, 2.45) is 0 Å². The average Bonchev–Trinajstić information content (AvgIpc) is 3.54. The van der Waals surface area contributed by atoms with Gasteiger partial charge in [0, 0.05) is 17.0 Å². The van der Waals surface area contributed by atoms with Gasteiger partial charge in [-0.1, -0.05) is 29.8 Å². The van der Waals surface area contributed by atoms with E-state index < -0.39 is 48.3 Å². The van der Waals surface area contributed by atoms with Gasteiger partial charge in [-0.25, -0.2) is 4.79 Å². The molecule has 2 unspecified atom stereocenters. The molecule has 0 radical (unpaired) electrons. The van der Waals surface area contributed by atoms with Gasteiger partial charge in [-0.05, 0) is 55.2 Å². The van der Waals surface area contributed by atoms with Gasteiger partial charge in [0.1, 0.15) is 35.7 Å². The van der Waals surface area contributed by atoms with Crippen LogP contribution in [0.2, 0.25) is 5.02 Å². The number of carboxylic acid groups (broad SMARTS) is 1. The average molecular weight is 566 g/mol. The van der Waals surface area contributed by atoms with Crippen LogP contribution >= 0.6 is 11.6 Å². The van der Waals surface area contributed by atoms with Crippen molar-refractivity contribution in [2.75, 3.05) is 19.8 Å². The molecule has 3 fully saturated rings. The minimum absolute atomic E-state index is 0.164. The lowest BCUT2D eigenvalue weighted by Crippen LogP contribution is -2.65. The molecule has 2 aromatic rings. The first-order valence-corrected chi connectivity index (χ1v) is 12.9. The third-order valence-electron chi connectivity index (χ3n) is 7.10. The van der Waals surface area contributed by atoms with E-state index in [-0.39, 0.29) is 12.5 Å². The summed E-state index contributed by atoms with van der Waals surface area (Å²) >= 11 is 6.41. The fraction of sp³-hybridized carbons (Fsp3) is 0.481. The molecule has 0 spiro atoms. The summed E-state index contributed by atoms with van der Waals surface area (Å²) in [6, 6.07) is 12.1. The van der Waals surface area contributed by atoms with Gasteiger partial charge in [-0.15, -0.1) is 0 Å². The molecule has 3 aliphatic rings. The number of fused-ring (bicyclic) bond motifs is 2. The summed E-state index contributed by atoms with van der Waals surface area (Å²) in [6.07, 6.45) is -3.29. The maximum Gasteiger partial charge on any atom is 0.326 e. The molecule has 3 heterocycles. The number of carboxylic acids is 1.